The second-order valence-electron chi connectivity index (χ2n) is 3.90. The molecule has 0 unspecified atom stereocenters. The highest BCUT2D eigenvalue weighted by atomic mass is 15.3. The summed E-state index contributed by atoms with van der Waals surface area (Å²) in [6.07, 6.45) is 4.93. The van der Waals surface area contributed by atoms with E-state index in [0.717, 1.165) is 12.4 Å². The van der Waals surface area contributed by atoms with Crippen molar-refractivity contribution in [3.05, 3.63) is 36.5 Å². The number of hydrogen-bond donors (Lipinski definition) is 1. The first-order valence-corrected chi connectivity index (χ1v) is 5.29. The Hall–Kier alpha value is -1.75. The van der Waals surface area contributed by atoms with Crippen molar-refractivity contribution < 1.29 is 0 Å². The molecule has 0 radical (unpaired) electrons. The lowest BCUT2D eigenvalue weighted by Gasteiger charge is -2.08. The van der Waals surface area contributed by atoms with Gasteiger partial charge in [0.05, 0.1) is 0 Å². The molecule has 0 amide bonds. The first-order chi connectivity index (χ1) is 7.75. The molecule has 5 heteroatoms. The van der Waals surface area contributed by atoms with Crippen LogP contribution in [0.3, 0.4) is 0 Å². The zero-order valence-electron chi connectivity index (χ0n) is 9.46. The minimum absolute atomic E-state index is 0.475. The maximum atomic E-state index is 4.24. The Morgan fingerprint density at radius 3 is 3.00 bits per heavy atom. The Labute approximate surface area is 94.5 Å². The third kappa shape index (κ3) is 2.64. The predicted octanol–water partition coefficient (Wildman–Crippen LogP) is 1.16. The van der Waals surface area contributed by atoms with Crippen LogP contribution in [-0.4, -0.2) is 25.8 Å². The molecule has 0 saturated heterocycles. The van der Waals surface area contributed by atoms with Crippen LogP contribution in [0.25, 0.3) is 5.82 Å². The van der Waals surface area contributed by atoms with E-state index in [1.807, 2.05) is 12.1 Å². The highest BCUT2D eigenvalue weighted by molar-refractivity contribution is 5.26. The summed E-state index contributed by atoms with van der Waals surface area (Å²) in [6, 6.07) is 4.47. The Kier molecular flexibility index (Phi) is 3.26. The molecule has 2 aromatic heterocycles. The average molecular weight is 217 g/mol. The van der Waals surface area contributed by atoms with Gasteiger partial charge in [0, 0.05) is 18.8 Å². The van der Waals surface area contributed by atoms with E-state index in [1.54, 1.807) is 17.2 Å². The van der Waals surface area contributed by atoms with Gasteiger partial charge in [0.2, 0.25) is 0 Å². The van der Waals surface area contributed by atoms with Gasteiger partial charge >= 0.3 is 0 Å². The van der Waals surface area contributed by atoms with Gasteiger partial charge < -0.3 is 5.32 Å². The highest BCUT2D eigenvalue weighted by Gasteiger charge is 2.00. The van der Waals surface area contributed by atoms with Gasteiger partial charge in [0.15, 0.2) is 5.82 Å². The SMILES string of the molecule is CC(C)NCc1ccnc(-n2cncn2)c1. The molecule has 1 N–H and O–H groups in total. The monoisotopic (exact) mass is 217 g/mol. The standard InChI is InChI=1S/C11H15N5/c1-9(2)14-6-10-3-4-13-11(5-10)16-8-12-7-15-16/h3-5,7-9,14H,6H2,1-2H3. The van der Waals surface area contributed by atoms with Gasteiger partial charge in [-0.1, -0.05) is 13.8 Å². The molecule has 0 aliphatic rings. The average Bonchev–Trinajstić information content (AvgIpc) is 2.80. The van der Waals surface area contributed by atoms with Crippen molar-refractivity contribution >= 4 is 0 Å². The summed E-state index contributed by atoms with van der Waals surface area (Å²) < 4.78 is 1.65. The molecule has 0 atom stereocenters. The number of nitrogens with one attached hydrogen (secondary N) is 1. The molecule has 0 aromatic carbocycles. The molecule has 5 nitrogen and oxygen atoms in total. The van der Waals surface area contributed by atoms with Crippen LogP contribution in [0.4, 0.5) is 0 Å². The lowest BCUT2D eigenvalue weighted by Crippen LogP contribution is -2.21. The molecule has 2 rings (SSSR count). The van der Waals surface area contributed by atoms with Crippen molar-refractivity contribution in [2.45, 2.75) is 26.4 Å². The van der Waals surface area contributed by atoms with E-state index >= 15 is 0 Å². The summed E-state index contributed by atoms with van der Waals surface area (Å²) in [7, 11) is 0. The van der Waals surface area contributed by atoms with E-state index in [0.29, 0.717) is 6.04 Å². The van der Waals surface area contributed by atoms with Crippen LogP contribution >= 0.6 is 0 Å². The van der Waals surface area contributed by atoms with E-state index < -0.39 is 0 Å². The topological polar surface area (TPSA) is 55.6 Å². The first-order valence-electron chi connectivity index (χ1n) is 5.29. The summed E-state index contributed by atoms with van der Waals surface area (Å²) in [5.74, 6) is 0.792. The van der Waals surface area contributed by atoms with Crippen LogP contribution < -0.4 is 5.32 Å². The van der Waals surface area contributed by atoms with Crippen molar-refractivity contribution in [1.29, 1.82) is 0 Å². The molecule has 2 heterocycles. The molecule has 0 aliphatic heterocycles. The summed E-state index contributed by atoms with van der Waals surface area (Å²) in [6.45, 7) is 5.08. The first kappa shape index (κ1) is 10.8. The summed E-state index contributed by atoms with van der Waals surface area (Å²) >= 11 is 0. The van der Waals surface area contributed by atoms with E-state index in [9.17, 15) is 0 Å². The normalized spacial score (nSPS) is 10.9. The number of hydrogen-bond acceptors (Lipinski definition) is 4. The Morgan fingerprint density at radius 2 is 2.31 bits per heavy atom. The van der Waals surface area contributed by atoms with Gasteiger partial charge in [0.25, 0.3) is 0 Å². The van der Waals surface area contributed by atoms with Crippen LogP contribution in [0.1, 0.15) is 19.4 Å². The molecule has 0 saturated carbocycles. The minimum Gasteiger partial charge on any atom is -0.310 e. The number of nitrogens with zero attached hydrogens (tertiary/aromatic N) is 4. The van der Waals surface area contributed by atoms with Gasteiger partial charge in [-0.2, -0.15) is 5.10 Å². The fourth-order valence-corrected chi connectivity index (χ4v) is 1.34. The molecule has 0 spiro atoms. The van der Waals surface area contributed by atoms with Crippen LogP contribution in [0.5, 0.6) is 0 Å². The van der Waals surface area contributed by atoms with Crippen molar-refractivity contribution in [3.63, 3.8) is 0 Å². The summed E-state index contributed by atoms with van der Waals surface area (Å²) in [4.78, 5) is 8.14. The molecule has 2 aromatic rings. The van der Waals surface area contributed by atoms with Crippen LogP contribution in [0.15, 0.2) is 31.0 Å². The van der Waals surface area contributed by atoms with Gasteiger partial charge in [-0.05, 0) is 17.7 Å². The van der Waals surface area contributed by atoms with Gasteiger partial charge in [-0.3, -0.25) is 0 Å². The molecular formula is C11H15N5. The van der Waals surface area contributed by atoms with Gasteiger partial charge in [-0.25, -0.2) is 14.6 Å². The van der Waals surface area contributed by atoms with Crippen molar-refractivity contribution in [3.8, 4) is 5.82 Å². The van der Waals surface area contributed by atoms with E-state index in [-0.39, 0.29) is 0 Å². The molecule has 0 fully saturated rings. The third-order valence-corrected chi connectivity index (χ3v) is 2.18. The van der Waals surface area contributed by atoms with Crippen molar-refractivity contribution in [1.82, 2.24) is 25.1 Å². The minimum atomic E-state index is 0.475. The molecule has 0 bridgehead atoms. The fraction of sp³-hybridized carbons (Fsp3) is 0.364. The van der Waals surface area contributed by atoms with E-state index in [4.69, 9.17) is 0 Å². The molecule has 84 valence electrons. The quantitative estimate of drug-likeness (QED) is 0.835. The molecule has 16 heavy (non-hydrogen) atoms. The third-order valence-electron chi connectivity index (χ3n) is 2.18. The number of aromatic nitrogens is 4. The second kappa shape index (κ2) is 4.85. The zero-order valence-corrected chi connectivity index (χ0v) is 9.46. The van der Waals surface area contributed by atoms with E-state index in [2.05, 4.69) is 34.2 Å². The Morgan fingerprint density at radius 1 is 1.44 bits per heavy atom. The Balaban J connectivity index is 2.14. The van der Waals surface area contributed by atoms with Crippen LogP contribution in [0, 0.1) is 0 Å². The lowest BCUT2D eigenvalue weighted by molar-refractivity contribution is 0.588. The fourth-order valence-electron chi connectivity index (χ4n) is 1.34. The van der Waals surface area contributed by atoms with Crippen molar-refractivity contribution in [2.24, 2.45) is 0 Å². The van der Waals surface area contributed by atoms with Gasteiger partial charge in [-0.15, -0.1) is 0 Å². The predicted molar refractivity (Wildman–Crippen MR) is 61.1 cm³/mol. The van der Waals surface area contributed by atoms with Crippen LogP contribution in [0.2, 0.25) is 0 Å². The van der Waals surface area contributed by atoms with E-state index in [1.165, 1.54) is 11.9 Å². The van der Waals surface area contributed by atoms with Gasteiger partial charge in [0.1, 0.15) is 12.7 Å². The second-order valence-corrected chi connectivity index (χ2v) is 3.90. The smallest absolute Gasteiger partial charge is 0.155 e. The lowest BCUT2D eigenvalue weighted by atomic mass is 10.2. The molecule has 0 aliphatic carbocycles. The number of pyridine rings is 1. The summed E-state index contributed by atoms with van der Waals surface area (Å²) in [5.41, 5.74) is 1.19. The maximum absolute atomic E-state index is 4.24. The zero-order chi connectivity index (χ0) is 11.4. The summed E-state index contributed by atoms with van der Waals surface area (Å²) in [5, 5.41) is 7.41. The highest BCUT2D eigenvalue weighted by Crippen LogP contribution is 2.05. The molecular weight excluding hydrogens is 202 g/mol. The Bertz CT molecular complexity index is 435. The largest absolute Gasteiger partial charge is 0.310 e. The number of rotatable bonds is 4. The van der Waals surface area contributed by atoms with Crippen molar-refractivity contribution in [2.75, 3.05) is 0 Å². The maximum Gasteiger partial charge on any atom is 0.155 e. The van der Waals surface area contributed by atoms with Crippen LogP contribution in [-0.2, 0) is 6.54 Å².